The van der Waals surface area contributed by atoms with Gasteiger partial charge in [-0.15, -0.1) is 0 Å². The third-order valence-corrected chi connectivity index (χ3v) is 3.72. The molecule has 0 aliphatic carbocycles. The molecule has 0 saturated carbocycles. The Kier molecular flexibility index (Phi) is 3.80. The van der Waals surface area contributed by atoms with E-state index < -0.39 is 0 Å². The number of hydrogen-bond donors (Lipinski definition) is 1. The van der Waals surface area contributed by atoms with Crippen molar-refractivity contribution in [2.75, 3.05) is 13.2 Å². The second-order valence-corrected chi connectivity index (χ2v) is 5.34. The lowest BCUT2D eigenvalue weighted by Gasteiger charge is -2.13. The molecule has 2 aromatic rings. The van der Waals surface area contributed by atoms with Crippen molar-refractivity contribution in [3.63, 3.8) is 0 Å². The summed E-state index contributed by atoms with van der Waals surface area (Å²) in [5, 5.41) is 0. The highest BCUT2D eigenvalue weighted by molar-refractivity contribution is 5.40. The molecule has 3 rings (SSSR count). The number of hydrogen-bond acceptors (Lipinski definition) is 3. The third kappa shape index (κ3) is 2.85. The summed E-state index contributed by atoms with van der Waals surface area (Å²) in [6, 6.07) is 12.5. The van der Waals surface area contributed by atoms with E-state index in [1.807, 2.05) is 31.2 Å². The topological polar surface area (TPSA) is 44.5 Å². The number of fused-ring (bicyclic) bond motifs is 1. The van der Waals surface area contributed by atoms with Gasteiger partial charge in [0.05, 0.1) is 19.1 Å². The number of benzene rings is 2. The Morgan fingerprint density at radius 1 is 1.33 bits per heavy atom. The summed E-state index contributed by atoms with van der Waals surface area (Å²) in [4.78, 5) is 0. The molecule has 0 radical (unpaired) electrons. The normalized spacial score (nSPS) is 18.0. The molecule has 0 spiro atoms. The van der Waals surface area contributed by atoms with Crippen molar-refractivity contribution in [3.8, 4) is 11.5 Å². The maximum Gasteiger partial charge on any atom is 0.165 e. The van der Waals surface area contributed by atoms with E-state index in [4.69, 9.17) is 15.2 Å². The molecule has 1 aliphatic heterocycles. The first kappa shape index (κ1) is 13.9. The summed E-state index contributed by atoms with van der Waals surface area (Å²) in [7, 11) is 0. The molecule has 0 amide bonds. The summed E-state index contributed by atoms with van der Waals surface area (Å²) >= 11 is 0. The van der Waals surface area contributed by atoms with Crippen molar-refractivity contribution < 1.29 is 13.9 Å². The predicted molar refractivity (Wildman–Crippen MR) is 79.2 cm³/mol. The SMILES string of the molecule is CC(N)c1ccc(OCC2COc3ccccc32)c(F)c1. The Bertz CT molecular complexity index is 642. The molecule has 2 unspecified atom stereocenters. The zero-order chi connectivity index (χ0) is 14.8. The van der Waals surface area contributed by atoms with Crippen LogP contribution in [0.3, 0.4) is 0 Å². The van der Waals surface area contributed by atoms with Crippen LogP contribution < -0.4 is 15.2 Å². The fourth-order valence-electron chi connectivity index (χ4n) is 2.48. The molecule has 0 aromatic heterocycles. The zero-order valence-corrected chi connectivity index (χ0v) is 11.9. The molecule has 2 N–H and O–H groups in total. The number of ether oxygens (including phenoxy) is 2. The zero-order valence-electron chi connectivity index (χ0n) is 11.9. The first-order chi connectivity index (χ1) is 10.1. The van der Waals surface area contributed by atoms with E-state index in [-0.39, 0.29) is 23.5 Å². The molecule has 0 saturated heterocycles. The van der Waals surface area contributed by atoms with Crippen LogP contribution in [0.5, 0.6) is 11.5 Å². The van der Waals surface area contributed by atoms with Crippen LogP contribution in [0.4, 0.5) is 4.39 Å². The average molecular weight is 287 g/mol. The maximum atomic E-state index is 14.0. The van der Waals surface area contributed by atoms with Crippen LogP contribution in [0.25, 0.3) is 0 Å². The lowest BCUT2D eigenvalue weighted by Crippen LogP contribution is -2.12. The van der Waals surface area contributed by atoms with Gasteiger partial charge in [-0.1, -0.05) is 24.3 Å². The van der Waals surface area contributed by atoms with E-state index in [1.54, 1.807) is 12.1 Å². The van der Waals surface area contributed by atoms with Crippen LogP contribution in [0.1, 0.15) is 30.0 Å². The molecular weight excluding hydrogens is 269 g/mol. The van der Waals surface area contributed by atoms with Gasteiger partial charge in [-0.25, -0.2) is 4.39 Å². The van der Waals surface area contributed by atoms with Crippen LogP contribution in [-0.2, 0) is 0 Å². The Hall–Kier alpha value is -2.07. The molecular formula is C17H18FNO2. The highest BCUT2D eigenvalue weighted by atomic mass is 19.1. The van der Waals surface area contributed by atoms with E-state index in [0.29, 0.717) is 13.2 Å². The minimum atomic E-state index is -0.378. The Labute approximate surface area is 123 Å². The highest BCUT2D eigenvalue weighted by Gasteiger charge is 2.24. The molecule has 3 nitrogen and oxygen atoms in total. The second kappa shape index (κ2) is 5.74. The van der Waals surface area contributed by atoms with Gasteiger partial charge in [-0.2, -0.15) is 0 Å². The lowest BCUT2D eigenvalue weighted by molar-refractivity contribution is 0.241. The van der Waals surface area contributed by atoms with Gasteiger partial charge in [0.25, 0.3) is 0 Å². The number of para-hydroxylation sites is 1. The molecule has 2 atom stereocenters. The van der Waals surface area contributed by atoms with Gasteiger partial charge in [-0.05, 0) is 30.7 Å². The minimum absolute atomic E-state index is 0.133. The standard InChI is InChI=1S/C17H18FNO2/c1-11(19)12-6-7-17(15(18)8-12)21-10-13-9-20-16-5-3-2-4-14(13)16/h2-8,11,13H,9-10,19H2,1H3. The van der Waals surface area contributed by atoms with E-state index in [9.17, 15) is 4.39 Å². The van der Waals surface area contributed by atoms with Crippen molar-refractivity contribution in [1.82, 2.24) is 0 Å². The molecule has 4 heteroatoms. The fraction of sp³-hybridized carbons (Fsp3) is 0.294. The van der Waals surface area contributed by atoms with Crippen molar-refractivity contribution in [1.29, 1.82) is 0 Å². The van der Waals surface area contributed by atoms with E-state index >= 15 is 0 Å². The van der Waals surface area contributed by atoms with Gasteiger partial charge in [-0.3, -0.25) is 0 Å². The van der Waals surface area contributed by atoms with Crippen LogP contribution in [-0.4, -0.2) is 13.2 Å². The first-order valence-electron chi connectivity index (χ1n) is 7.04. The largest absolute Gasteiger partial charge is 0.493 e. The van der Waals surface area contributed by atoms with Gasteiger partial charge < -0.3 is 15.2 Å². The Morgan fingerprint density at radius 3 is 2.90 bits per heavy atom. The second-order valence-electron chi connectivity index (χ2n) is 5.34. The summed E-state index contributed by atoms with van der Waals surface area (Å²) < 4.78 is 25.2. The Balaban J connectivity index is 1.69. The maximum absolute atomic E-state index is 14.0. The smallest absolute Gasteiger partial charge is 0.165 e. The van der Waals surface area contributed by atoms with Crippen molar-refractivity contribution in [2.45, 2.75) is 18.9 Å². The highest BCUT2D eigenvalue weighted by Crippen LogP contribution is 2.34. The lowest BCUT2D eigenvalue weighted by atomic mass is 10.0. The summed E-state index contributed by atoms with van der Waals surface area (Å²) in [6.07, 6.45) is 0. The predicted octanol–water partition coefficient (Wildman–Crippen LogP) is 3.40. The fourth-order valence-corrected chi connectivity index (χ4v) is 2.48. The third-order valence-electron chi connectivity index (χ3n) is 3.72. The van der Waals surface area contributed by atoms with E-state index in [0.717, 1.165) is 16.9 Å². The molecule has 1 heterocycles. The van der Waals surface area contributed by atoms with Crippen LogP contribution in [0.2, 0.25) is 0 Å². The summed E-state index contributed by atoms with van der Waals surface area (Å²) in [5.74, 6) is 0.897. The number of halogens is 1. The first-order valence-corrected chi connectivity index (χ1v) is 7.04. The number of nitrogens with two attached hydrogens (primary N) is 1. The van der Waals surface area contributed by atoms with Crippen LogP contribution >= 0.6 is 0 Å². The molecule has 21 heavy (non-hydrogen) atoms. The van der Waals surface area contributed by atoms with Gasteiger partial charge in [0.2, 0.25) is 0 Å². The van der Waals surface area contributed by atoms with Crippen molar-refractivity contribution >= 4 is 0 Å². The molecule has 110 valence electrons. The van der Waals surface area contributed by atoms with Crippen molar-refractivity contribution in [3.05, 3.63) is 59.4 Å². The van der Waals surface area contributed by atoms with Gasteiger partial charge in [0.15, 0.2) is 11.6 Å². The van der Waals surface area contributed by atoms with Gasteiger partial charge >= 0.3 is 0 Å². The van der Waals surface area contributed by atoms with Gasteiger partial charge in [0.1, 0.15) is 5.75 Å². The minimum Gasteiger partial charge on any atom is -0.493 e. The molecule has 2 aromatic carbocycles. The van der Waals surface area contributed by atoms with Gasteiger partial charge in [0, 0.05) is 11.6 Å². The monoisotopic (exact) mass is 287 g/mol. The summed E-state index contributed by atoms with van der Waals surface area (Å²) in [6.45, 7) is 2.78. The summed E-state index contributed by atoms with van der Waals surface area (Å²) in [5.41, 5.74) is 7.61. The molecule has 1 aliphatic rings. The van der Waals surface area contributed by atoms with Crippen LogP contribution in [0, 0.1) is 5.82 Å². The van der Waals surface area contributed by atoms with E-state index in [1.165, 1.54) is 6.07 Å². The van der Waals surface area contributed by atoms with E-state index in [2.05, 4.69) is 0 Å². The molecule has 0 fully saturated rings. The number of rotatable bonds is 4. The molecule has 0 bridgehead atoms. The van der Waals surface area contributed by atoms with Crippen LogP contribution in [0.15, 0.2) is 42.5 Å². The Morgan fingerprint density at radius 2 is 2.14 bits per heavy atom. The quantitative estimate of drug-likeness (QED) is 0.937. The van der Waals surface area contributed by atoms with Crippen molar-refractivity contribution in [2.24, 2.45) is 5.73 Å². The average Bonchev–Trinajstić information content (AvgIpc) is 2.89.